The molecule has 1 aromatic carbocycles. The predicted octanol–water partition coefficient (Wildman–Crippen LogP) is 7.53. The molecule has 1 aromatic rings. The fourth-order valence-corrected chi connectivity index (χ4v) is 2.04. The first kappa shape index (κ1) is 26.6. The number of rotatable bonds is 3. The average molecular weight is 413 g/mol. The molecule has 0 unspecified atom stereocenters. The van der Waals surface area contributed by atoms with Gasteiger partial charge in [-0.3, -0.25) is 6.08 Å². The number of ether oxygens (including phenoxy) is 1. The van der Waals surface area contributed by atoms with Gasteiger partial charge in [-0.25, -0.2) is 12.2 Å². The third-order valence-electron chi connectivity index (χ3n) is 3.69. The van der Waals surface area contributed by atoms with Crippen molar-refractivity contribution in [1.29, 1.82) is 0 Å². The molecule has 0 saturated carbocycles. The average Bonchev–Trinajstić information content (AvgIpc) is 3.13. The number of hydrogen-bond donors (Lipinski definition) is 0. The monoisotopic (exact) mass is 413 g/mol. The van der Waals surface area contributed by atoms with Crippen LogP contribution in [0.15, 0.2) is 67.0 Å². The topological polar surface area (TPSA) is 9.23 Å². The van der Waals surface area contributed by atoms with E-state index >= 15 is 0 Å². The smallest absolute Gasteiger partial charge is 0.109 e. The summed E-state index contributed by atoms with van der Waals surface area (Å²) >= 11 is 2.08. The summed E-state index contributed by atoms with van der Waals surface area (Å²) in [5.74, 6) is 0.871. The summed E-state index contributed by atoms with van der Waals surface area (Å²) in [5, 5.41) is 0. The van der Waals surface area contributed by atoms with E-state index in [1.165, 1.54) is 9.37 Å². The van der Waals surface area contributed by atoms with E-state index < -0.39 is 0 Å². The number of hydrogen-bond acceptors (Lipinski definition) is 1. The molecule has 0 aliphatic heterocycles. The molecule has 1 aliphatic rings. The van der Waals surface area contributed by atoms with Crippen LogP contribution < -0.4 is 4.74 Å². The largest absolute Gasteiger partial charge is 0.273 e. The van der Waals surface area contributed by atoms with Crippen LogP contribution in [0.3, 0.4) is 0 Å². The Morgan fingerprint density at radius 2 is 1.75 bits per heavy atom. The summed E-state index contributed by atoms with van der Waals surface area (Å²) < 4.78 is 7.20. The maximum Gasteiger partial charge on any atom is -0.109 e. The van der Waals surface area contributed by atoms with Crippen molar-refractivity contribution in [2.45, 2.75) is 67.2 Å². The molecule has 0 fully saturated rings. The molecule has 0 N–H and O–H groups in total. The van der Waals surface area contributed by atoms with E-state index in [2.05, 4.69) is 106 Å². The van der Waals surface area contributed by atoms with Crippen LogP contribution in [0.4, 0.5) is 0 Å². The summed E-state index contributed by atoms with van der Waals surface area (Å²) in [5.41, 5.74) is 2.54. The second kappa shape index (κ2) is 12.9. The Morgan fingerprint density at radius 3 is 2.11 bits per heavy atom. The van der Waals surface area contributed by atoms with Gasteiger partial charge in [-0.05, 0) is 34.1 Å². The minimum absolute atomic E-state index is 0.0450. The second-order valence-electron chi connectivity index (χ2n) is 8.93. The van der Waals surface area contributed by atoms with Gasteiger partial charge >= 0.3 is 37.6 Å². The molecule has 0 atom stereocenters. The van der Waals surface area contributed by atoms with Gasteiger partial charge in [0.2, 0.25) is 0 Å². The van der Waals surface area contributed by atoms with Crippen molar-refractivity contribution in [3.63, 3.8) is 0 Å². The van der Waals surface area contributed by atoms with Crippen LogP contribution in [0.25, 0.3) is 0 Å². The van der Waals surface area contributed by atoms with E-state index in [4.69, 9.17) is 4.74 Å². The van der Waals surface area contributed by atoms with Gasteiger partial charge < -0.3 is 4.74 Å². The third kappa shape index (κ3) is 12.9. The number of allylic oxidation sites excluding steroid dienone is 6. The molecule has 0 aromatic heterocycles. The third-order valence-corrected chi connectivity index (χ3v) is 3.69. The van der Waals surface area contributed by atoms with Gasteiger partial charge in [0.05, 0.1) is 6.26 Å². The van der Waals surface area contributed by atoms with E-state index in [1.807, 2.05) is 30.4 Å². The van der Waals surface area contributed by atoms with E-state index in [1.54, 1.807) is 6.26 Å². The van der Waals surface area contributed by atoms with Crippen LogP contribution in [0.1, 0.15) is 67.4 Å². The Kier molecular flexibility index (Phi) is 12.2. The van der Waals surface area contributed by atoms with Crippen molar-refractivity contribution in [3.8, 4) is 5.75 Å². The zero-order chi connectivity index (χ0) is 21.8. The minimum atomic E-state index is 0.0450. The van der Waals surface area contributed by atoms with E-state index in [0.717, 1.165) is 17.7 Å². The van der Waals surface area contributed by atoms with Gasteiger partial charge in [0.15, 0.2) is 0 Å². The molecule has 1 aliphatic carbocycles. The maximum atomic E-state index is 5.79. The van der Waals surface area contributed by atoms with Gasteiger partial charge in [0, 0.05) is 0 Å². The van der Waals surface area contributed by atoms with Crippen LogP contribution in [-0.4, -0.2) is 3.81 Å². The van der Waals surface area contributed by atoms with Crippen LogP contribution in [0, 0.1) is 11.5 Å². The van der Waals surface area contributed by atoms with Crippen molar-refractivity contribution in [3.05, 3.63) is 78.6 Å². The van der Waals surface area contributed by atoms with Crippen LogP contribution in [0.2, 0.25) is 0 Å². The zero-order valence-corrected chi connectivity index (χ0v) is 20.6. The molecule has 1 nitrogen and oxygen atoms in total. The van der Waals surface area contributed by atoms with Gasteiger partial charge in [-0.2, -0.15) is 6.08 Å². The van der Waals surface area contributed by atoms with Gasteiger partial charge in [0.1, 0.15) is 5.75 Å². The van der Waals surface area contributed by atoms with Gasteiger partial charge in [-0.15, -0.1) is 6.42 Å². The quantitative estimate of drug-likeness (QED) is 0.215. The summed E-state index contributed by atoms with van der Waals surface area (Å²) in [7, 11) is 0. The first-order valence-corrected chi connectivity index (χ1v) is 10.5. The Morgan fingerprint density at radius 1 is 1.14 bits per heavy atom. The molecule has 0 saturated heterocycles. The van der Waals surface area contributed by atoms with Crippen molar-refractivity contribution in [2.75, 3.05) is 0 Å². The van der Waals surface area contributed by atoms with Crippen LogP contribution in [0.5, 0.6) is 5.75 Å². The molecule has 2 rings (SSSR count). The van der Waals surface area contributed by atoms with Crippen molar-refractivity contribution < 1.29 is 24.7 Å². The Bertz CT molecular complexity index is 693. The van der Waals surface area contributed by atoms with Gasteiger partial charge in [-0.1, -0.05) is 66.3 Å². The summed E-state index contributed by atoms with van der Waals surface area (Å²) in [6.45, 7) is 21.1. The molecule has 0 radical (unpaired) electrons. The Labute approximate surface area is 185 Å². The first-order chi connectivity index (χ1) is 12.9. The SMILES string of the molecule is C=CC(=COc1cccc(C(C)(C)C)c1)C(C)(C)C.C[C](C)=[Ti+].[C-]1=CC=CC1. The summed E-state index contributed by atoms with van der Waals surface area (Å²) in [6, 6.07) is 8.25. The minimum Gasteiger partial charge on any atom is -0.273 e. The Hall–Kier alpha value is -1.44. The second-order valence-corrected chi connectivity index (χ2v) is 10.5. The Balaban J connectivity index is 0.000000662. The molecule has 0 amide bonds. The van der Waals surface area contributed by atoms with E-state index in [0.29, 0.717) is 0 Å². The fraction of sp³-hybridized carbons (Fsp3) is 0.423. The summed E-state index contributed by atoms with van der Waals surface area (Å²) in [6.07, 6.45) is 13.7. The molecule has 0 heterocycles. The maximum absolute atomic E-state index is 5.79. The molecule has 151 valence electrons. The first-order valence-electron chi connectivity index (χ1n) is 9.71. The van der Waals surface area contributed by atoms with E-state index in [-0.39, 0.29) is 10.8 Å². The van der Waals surface area contributed by atoms with Crippen molar-refractivity contribution >= 4 is 3.81 Å². The van der Waals surface area contributed by atoms with Crippen LogP contribution in [-0.2, 0) is 25.4 Å². The normalized spacial score (nSPS) is 13.1. The molecule has 2 heteroatoms. The molecular weight excluding hydrogens is 376 g/mol. The standard InChI is InChI=1S/C18H26O.C5H5.C3H6.Ti/c1-8-14(17(2,3)4)13-19-16-11-9-10-15(12-16)18(5,6)7;1-2-4-5-3-1;1-3-2;/h8-13H,1H2,2-7H3;1-3H,4H2;1-2H3;/q;-1;;+1. The van der Waals surface area contributed by atoms with Gasteiger partial charge in [0.25, 0.3) is 0 Å². The zero-order valence-electron chi connectivity index (χ0n) is 19.0. The van der Waals surface area contributed by atoms with Crippen LogP contribution >= 0.6 is 0 Å². The van der Waals surface area contributed by atoms with E-state index in [9.17, 15) is 0 Å². The molecule has 0 spiro atoms. The number of benzene rings is 1. The van der Waals surface area contributed by atoms with Crippen molar-refractivity contribution in [2.24, 2.45) is 5.41 Å². The summed E-state index contributed by atoms with van der Waals surface area (Å²) in [4.78, 5) is 0. The molecule has 0 bridgehead atoms. The fourth-order valence-electron chi connectivity index (χ4n) is 2.04. The molecule has 28 heavy (non-hydrogen) atoms. The predicted molar refractivity (Wildman–Crippen MR) is 121 cm³/mol. The van der Waals surface area contributed by atoms with Crippen molar-refractivity contribution in [1.82, 2.24) is 0 Å². The molecular formula is C26H37OTi.